The van der Waals surface area contributed by atoms with Crippen LogP contribution in [0.2, 0.25) is 0 Å². The number of rotatable bonds is 5. The number of ether oxygens (including phenoxy) is 1. The van der Waals surface area contributed by atoms with Crippen molar-refractivity contribution in [3.63, 3.8) is 0 Å². The summed E-state index contributed by atoms with van der Waals surface area (Å²) in [6, 6.07) is 1.50. The molecular weight excluding hydrogens is 248 g/mol. The predicted octanol–water partition coefficient (Wildman–Crippen LogP) is 0.341. The van der Waals surface area contributed by atoms with Crippen LogP contribution in [-0.2, 0) is 9.53 Å². The Kier molecular flexibility index (Phi) is 5.11. The van der Waals surface area contributed by atoms with Gasteiger partial charge >= 0.3 is 5.97 Å². The van der Waals surface area contributed by atoms with Gasteiger partial charge in [0, 0.05) is 27.1 Å². The molecule has 1 amide bonds. The number of anilines is 2. The number of pyridine rings is 1. The zero-order valence-electron chi connectivity index (χ0n) is 11.3. The number of methoxy groups -OCH3 is 1. The molecule has 0 aromatic carbocycles. The van der Waals surface area contributed by atoms with Crippen molar-refractivity contribution in [1.29, 1.82) is 0 Å². The molecule has 0 saturated heterocycles. The Morgan fingerprint density at radius 1 is 1.47 bits per heavy atom. The second-order valence-electron chi connectivity index (χ2n) is 4.11. The monoisotopic (exact) mass is 266 g/mol. The van der Waals surface area contributed by atoms with Crippen molar-refractivity contribution >= 4 is 23.4 Å². The van der Waals surface area contributed by atoms with E-state index < -0.39 is 5.97 Å². The number of nitrogen functional groups attached to an aromatic ring is 1. The minimum Gasteiger partial charge on any atom is -0.465 e. The maximum absolute atomic E-state index is 11.4. The summed E-state index contributed by atoms with van der Waals surface area (Å²) in [4.78, 5) is 28.4. The number of carbonyl (C=O) groups is 2. The van der Waals surface area contributed by atoms with Crippen LogP contribution in [0, 0.1) is 0 Å². The molecule has 1 heterocycles. The van der Waals surface area contributed by atoms with Crippen LogP contribution in [-0.4, -0.2) is 49.5 Å². The fourth-order valence-corrected chi connectivity index (χ4v) is 1.37. The molecule has 0 bridgehead atoms. The zero-order chi connectivity index (χ0) is 14.4. The molecule has 1 aromatic rings. The number of esters is 1. The number of nitrogens with two attached hydrogens (primary N) is 1. The summed E-state index contributed by atoms with van der Waals surface area (Å²) in [5.41, 5.74) is 6.13. The molecule has 0 atom stereocenters. The maximum Gasteiger partial charge on any atom is 0.340 e. The van der Waals surface area contributed by atoms with Gasteiger partial charge in [-0.15, -0.1) is 0 Å². The summed E-state index contributed by atoms with van der Waals surface area (Å²) in [7, 11) is 4.67. The van der Waals surface area contributed by atoms with Crippen LogP contribution in [0.15, 0.2) is 12.3 Å². The van der Waals surface area contributed by atoms with E-state index in [4.69, 9.17) is 5.73 Å². The number of nitrogens with zero attached hydrogens (tertiary/aromatic N) is 2. The Morgan fingerprint density at radius 2 is 2.16 bits per heavy atom. The summed E-state index contributed by atoms with van der Waals surface area (Å²) in [6.45, 7) is 0.425. The lowest BCUT2D eigenvalue weighted by Gasteiger charge is -2.11. The SMILES string of the molecule is COC(=O)c1cc(NCCC(=O)N(C)C)ncc1N. The van der Waals surface area contributed by atoms with Gasteiger partial charge in [-0.2, -0.15) is 0 Å². The van der Waals surface area contributed by atoms with E-state index in [1.54, 1.807) is 14.1 Å². The van der Waals surface area contributed by atoms with Gasteiger partial charge in [0.15, 0.2) is 0 Å². The molecule has 0 aliphatic carbocycles. The lowest BCUT2D eigenvalue weighted by atomic mass is 10.2. The molecule has 0 radical (unpaired) electrons. The molecular formula is C12H18N4O3. The molecule has 0 fully saturated rings. The Balaban J connectivity index is 2.65. The predicted molar refractivity (Wildman–Crippen MR) is 71.8 cm³/mol. The molecule has 1 aromatic heterocycles. The second-order valence-corrected chi connectivity index (χ2v) is 4.11. The van der Waals surface area contributed by atoms with Crippen molar-refractivity contribution < 1.29 is 14.3 Å². The third-order valence-electron chi connectivity index (χ3n) is 2.48. The highest BCUT2D eigenvalue weighted by Crippen LogP contribution is 2.15. The van der Waals surface area contributed by atoms with Crippen molar-refractivity contribution in [2.75, 3.05) is 38.8 Å². The van der Waals surface area contributed by atoms with Gasteiger partial charge in [-0.25, -0.2) is 9.78 Å². The summed E-state index contributed by atoms with van der Waals surface area (Å²) < 4.78 is 4.61. The normalized spacial score (nSPS) is 9.84. The average molecular weight is 266 g/mol. The number of hydrogen-bond acceptors (Lipinski definition) is 6. The third-order valence-corrected chi connectivity index (χ3v) is 2.48. The van der Waals surface area contributed by atoms with E-state index in [-0.39, 0.29) is 17.2 Å². The average Bonchev–Trinajstić information content (AvgIpc) is 2.39. The largest absolute Gasteiger partial charge is 0.465 e. The molecule has 19 heavy (non-hydrogen) atoms. The van der Waals surface area contributed by atoms with E-state index in [0.717, 1.165) is 0 Å². The third kappa shape index (κ3) is 4.13. The first-order valence-corrected chi connectivity index (χ1v) is 5.73. The maximum atomic E-state index is 11.4. The van der Waals surface area contributed by atoms with E-state index in [0.29, 0.717) is 18.8 Å². The first-order valence-electron chi connectivity index (χ1n) is 5.73. The van der Waals surface area contributed by atoms with Gasteiger partial charge < -0.3 is 20.7 Å². The molecule has 0 aliphatic rings. The number of aromatic nitrogens is 1. The second kappa shape index (κ2) is 6.58. The number of nitrogens with one attached hydrogen (secondary N) is 1. The van der Waals surface area contributed by atoms with Crippen LogP contribution in [0.4, 0.5) is 11.5 Å². The Bertz CT molecular complexity index is 474. The number of amides is 1. The van der Waals surface area contributed by atoms with Gasteiger partial charge in [0.2, 0.25) is 5.91 Å². The quantitative estimate of drug-likeness (QED) is 0.746. The van der Waals surface area contributed by atoms with Crippen LogP contribution in [0.3, 0.4) is 0 Å². The molecule has 0 aliphatic heterocycles. The minimum atomic E-state index is -0.521. The highest BCUT2D eigenvalue weighted by atomic mass is 16.5. The van der Waals surface area contributed by atoms with E-state index >= 15 is 0 Å². The smallest absolute Gasteiger partial charge is 0.340 e. The van der Waals surface area contributed by atoms with Crippen LogP contribution < -0.4 is 11.1 Å². The zero-order valence-corrected chi connectivity index (χ0v) is 11.3. The molecule has 0 spiro atoms. The molecule has 7 nitrogen and oxygen atoms in total. The van der Waals surface area contributed by atoms with Gasteiger partial charge in [0.1, 0.15) is 5.82 Å². The van der Waals surface area contributed by atoms with Gasteiger partial charge in [-0.3, -0.25) is 4.79 Å². The van der Waals surface area contributed by atoms with Gasteiger partial charge in [-0.1, -0.05) is 0 Å². The topological polar surface area (TPSA) is 97.5 Å². The van der Waals surface area contributed by atoms with Crippen LogP contribution >= 0.6 is 0 Å². The Labute approximate surface area is 111 Å². The Morgan fingerprint density at radius 3 is 2.74 bits per heavy atom. The van der Waals surface area contributed by atoms with Crippen molar-refractivity contribution in [2.24, 2.45) is 0 Å². The van der Waals surface area contributed by atoms with Crippen molar-refractivity contribution in [1.82, 2.24) is 9.88 Å². The van der Waals surface area contributed by atoms with Crippen LogP contribution in [0.5, 0.6) is 0 Å². The van der Waals surface area contributed by atoms with E-state index in [1.165, 1.54) is 24.3 Å². The van der Waals surface area contributed by atoms with E-state index in [9.17, 15) is 9.59 Å². The summed E-state index contributed by atoms with van der Waals surface area (Å²) >= 11 is 0. The number of hydrogen-bond donors (Lipinski definition) is 2. The number of carbonyl (C=O) groups excluding carboxylic acids is 2. The summed E-state index contributed by atoms with van der Waals surface area (Å²) in [5, 5.41) is 2.96. The van der Waals surface area contributed by atoms with Gasteiger partial charge in [-0.05, 0) is 6.07 Å². The first-order chi connectivity index (χ1) is 8.95. The first kappa shape index (κ1) is 14.7. The lowest BCUT2D eigenvalue weighted by molar-refractivity contribution is -0.128. The van der Waals surface area contributed by atoms with Crippen molar-refractivity contribution in [3.05, 3.63) is 17.8 Å². The van der Waals surface area contributed by atoms with Gasteiger partial charge in [0.25, 0.3) is 0 Å². The van der Waals surface area contributed by atoms with E-state index in [1.807, 2.05) is 0 Å². The molecule has 104 valence electrons. The molecule has 0 saturated carbocycles. The lowest BCUT2D eigenvalue weighted by Crippen LogP contribution is -2.24. The standard InChI is InChI=1S/C12H18N4O3/c1-16(2)11(17)4-5-14-10-6-8(12(18)19-3)9(13)7-15-10/h6-7H,4-5,13H2,1-3H3,(H,14,15). The molecule has 1 rings (SSSR count). The van der Waals surface area contributed by atoms with Crippen LogP contribution in [0.1, 0.15) is 16.8 Å². The van der Waals surface area contributed by atoms with Crippen molar-refractivity contribution in [2.45, 2.75) is 6.42 Å². The molecule has 7 heteroatoms. The summed E-state index contributed by atoms with van der Waals surface area (Å²) in [5.74, 6) is -0.0374. The fourth-order valence-electron chi connectivity index (χ4n) is 1.37. The Hall–Kier alpha value is -2.31. The van der Waals surface area contributed by atoms with E-state index in [2.05, 4.69) is 15.0 Å². The summed E-state index contributed by atoms with van der Waals surface area (Å²) in [6.07, 6.45) is 1.72. The molecule has 0 unspecified atom stereocenters. The van der Waals surface area contributed by atoms with Crippen LogP contribution in [0.25, 0.3) is 0 Å². The van der Waals surface area contributed by atoms with Crippen molar-refractivity contribution in [3.8, 4) is 0 Å². The minimum absolute atomic E-state index is 0.0103. The highest BCUT2D eigenvalue weighted by Gasteiger charge is 2.11. The highest BCUT2D eigenvalue weighted by molar-refractivity contribution is 5.95. The van der Waals surface area contributed by atoms with Gasteiger partial charge in [0.05, 0.1) is 24.6 Å². The fraction of sp³-hybridized carbons (Fsp3) is 0.417. The molecule has 3 N–H and O–H groups in total.